The van der Waals surface area contributed by atoms with E-state index in [-0.39, 0.29) is 11.4 Å². The van der Waals surface area contributed by atoms with Gasteiger partial charge in [-0.3, -0.25) is 4.79 Å². The second kappa shape index (κ2) is 8.88. The van der Waals surface area contributed by atoms with Crippen molar-refractivity contribution in [1.29, 1.82) is 0 Å². The molecule has 5 heteroatoms. The van der Waals surface area contributed by atoms with Crippen molar-refractivity contribution in [2.24, 2.45) is 0 Å². The lowest BCUT2D eigenvalue weighted by Crippen LogP contribution is -2.37. The molecule has 2 aromatic carbocycles. The van der Waals surface area contributed by atoms with Crippen molar-refractivity contribution in [2.45, 2.75) is 39.3 Å². The van der Waals surface area contributed by atoms with Crippen molar-refractivity contribution in [2.75, 3.05) is 11.9 Å². The third kappa shape index (κ3) is 7.59. The van der Waals surface area contributed by atoms with Crippen LogP contribution >= 0.6 is 11.6 Å². The van der Waals surface area contributed by atoms with Crippen molar-refractivity contribution >= 4 is 23.2 Å². The minimum atomic E-state index is -0.00779. The van der Waals surface area contributed by atoms with Crippen LogP contribution in [0.5, 0.6) is 5.75 Å². The van der Waals surface area contributed by atoms with Gasteiger partial charge in [-0.05, 0) is 62.7 Å². The Bertz CT molecular complexity index is 676. The standard InChI is InChI=1S/C20H25ClN2O2/c1-20(2,3)22-13-12-19(24)23-17-8-10-18(11-9-17)25-14-15-4-6-16(21)7-5-15/h4-11,22H,12-14H2,1-3H3,(H,23,24). The number of halogens is 1. The maximum Gasteiger partial charge on any atom is 0.225 e. The van der Waals surface area contributed by atoms with Crippen LogP contribution < -0.4 is 15.4 Å². The highest BCUT2D eigenvalue weighted by Gasteiger charge is 2.09. The fourth-order valence-corrected chi connectivity index (χ4v) is 2.28. The van der Waals surface area contributed by atoms with Gasteiger partial charge in [0, 0.05) is 29.2 Å². The van der Waals surface area contributed by atoms with E-state index in [9.17, 15) is 4.79 Å². The summed E-state index contributed by atoms with van der Waals surface area (Å²) in [6.07, 6.45) is 0.437. The highest BCUT2D eigenvalue weighted by molar-refractivity contribution is 6.30. The Hall–Kier alpha value is -2.04. The van der Waals surface area contributed by atoms with E-state index in [2.05, 4.69) is 31.4 Å². The molecular formula is C20H25ClN2O2. The number of rotatable bonds is 7. The Morgan fingerprint density at radius 2 is 1.68 bits per heavy atom. The number of carbonyl (C=O) groups excluding carboxylic acids is 1. The van der Waals surface area contributed by atoms with Gasteiger partial charge >= 0.3 is 0 Å². The maximum atomic E-state index is 11.9. The molecule has 0 fully saturated rings. The van der Waals surface area contributed by atoms with Gasteiger partial charge in [0.2, 0.25) is 5.91 Å². The van der Waals surface area contributed by atoms with Gasteiger partial charge in [0.1, 0.15) is 12.4 Å². The molecule has 0 aliphatic carbocycles. The summed E-state index contributed by atoms with van der Waals surface area (Å²) >= 11 is 5.86. The molecule has 0 spiro atoms. The van der Waals surface area contributed by atoms with Crippen molar-refractivity contribution in [3.63, 3.8) is 0 Å². The first-order valence-electron chi connectivity index (χ1n) is 8.34. The van der Waals surface area contributed by atoms with Crippen LogP contribution in [0.3, 0.4) is 0 Å². The summed E-state index contributed by atoms with van der Waals surface area (Å²) in [4.78, 5) is 11.9. The first-order valence-corrected chi connectivity index (χ1v) is 8.72. The zero-order chi connectivity index (χ0) is 18.3. The predicted octanol–water partition coefficient (Wildman–Crippen LogP) is 4.64. The number of anilines is 1. The van der Waals surface area contributed by atoms with Crippen molar-refractivity contribution in [3.8, 4) is 5.75 Å². The summed E-state index contributed by atoms with van der Waals surface area (Å²) in [5.74, 6) is 0.744. The highest BCUT2D eigenvalue weighted by atomic mass is 35.5. The lowest BCUT2D eigenvalue weighted by atomic mass is 10.1. The summed E-state index contributed by atoms with van der Waals surface area (Å²) in [5.41, 5.74) is 1.83. The summed E-state index contributed by atoms with van der Waals surface area (Å²) in [5, 5.41) is 6.89. The zero-order valence-electron chi connectivity index (χ0n) is 14.9. The fraction of sp³-hybridized carbons (Fsp3) is 0.350. The maximum absolute atomic E-state index is 11.9. The molecule has 25 heavy (non-hydrogen) atoms. The molecule has 0 heterocycles. The van der Waals surface area contributed by atoms with Crippen LogP contribution in [0, 0.1) is 0 Å². The van der Waals surface area contributed by atoms with E-state index in [0.29, 0.717) is 24.6 Å². The third-order valence-electron chi connectivity index (χ3n) is 3.46. The number of nitrogens with one attached hydrogen (secondary N) is 2. The molecule has 2 rings (SSSR count). The summed E-state index contributed by atoms with van der Waals surface area (Å²) in [7, 11) is 0. The number of hydrogen-bond acceptors (Lipinski definition) is 3. The first kappa shape index (κ1) is 19.3. The summed E-state index contributed by atoms with van der Waals surface area (Å²) < 4.78 is 5.73. The molecule has 0 unspecified atom stereocenters. The predicted molar refractivity (Wildman–Crippen MR) is 103 cm³/mol. The number of benzene rings is 2. The molecule has 0 aromatic heterocycles. The van der Waals surface area contributed by atoms with Gasteiger partial charge in [0.25, 0.3) is 0 Å². The van der Waals surface area contributed by atoms with Crippen LogP contribution in [0.25, 0.3) is 0 Å². The first-order chi connectivity index (χ1) is 11.8. The lowest BCUT2D eigenvalue weighted by Gasteiger charge is -2.20. The van der Waals surface area contributed by atoms with Crippen LogP contribution in [-0.4, -0.2) is 18.0 Å². The van der Waals surface area contributed by atoms with Crippen molar-refractivity contribution in [3.05, 3.63) is 59.1 Å². The molecule has 0 aliphatic heterocycles. The number of ether oxygens (including phenoxy) is 1. The number of carbonyl (C=O) groups is 1. The Morgan fingerprint density at radius 1 is 1.04 bits per heavy atom. The van der Waals surface area contributed by atoms with Gasteiger partial charge in [0.05, 0.1) is 0 Å². The Balaban J connectivity index is 1.77. The van der Waals surface area contributed by atoms with Gasteiger partial charge in [-0.2, -0.15) is 0 Å². The minimum absolute atomic E-state index is 0.00779. The van der Waals surface area contributed by atoms with Gasteiger partial charge in [-0.1, -0.05) is 23.7 Å². The lowest BCUT2D eigenvalue weighted by molar-refractivity contribution is -0.116. The average Bonchev–Trinajstić information content (AvgIpc) is 2.54. The quantitative estimate of drug-likeness (QED) is 0.756. The average molecular weight is 361 g/mol. The molecule has 2 aromatic rings. The number of amides is 1. The van der Waals surface area contributed by atoms with E-state index >= 15 is 0 Å². The molecule has 4 nitrogen and oxygen atoms in total. The van der Waals surface area contributed by atoms with Crippen LogP contribution in [0.2, 0.25) is 5.02 Å². The van der Waals surface area contributed by atoms with Gasteiger partial charge in [-0.15, -0.1) is 0 Å². The number of hydrogen-bond donors (Lipinski definition) is 2. The molecule has 0 saturated heterocycles. The summed E-state index contributed by atoms with van der Waals surface area (Å²) in [6, 6.07) is 14.9. The van der Waals surface area contributed by atoms with E-state index in [1.807, 2.05) is 48.5 Å². The van der Waals surface area contributed by atoms with Crippen molar-refractivity contribution in [1.82, 2.24) is 5.32 Å². The Labute approximate surface area is 154 Å². The topological polar surface area (TPSA) is 50.4 Å². The monoisotopic (exact) mass is 360 g/mol. The van der Waals surface area contributed by atoms with Crippen LogP contribution in [0.15, 0.2) is 48.5 Å². The van der Waals surface area contributed by atoms with E-state index in [1.165, 1.54) is 0 Å². The Morgan fingerprint density at radius 3 is 2.28 bits per heavy atom. The van der Waals surface area contributed by atoms with E-state index in [1.54, 1.807) is 0 Å². The largest absolute Gasteiger partial charge is 0.489 e. The molecule has 134 valence electrons. The zero-order valence-corrected chi connectivity index (χ0v) is 15.7. The third-order valence-corrected chi connectivity index (χ3v) is 3.72. The normalized spacial score (nSPS) is 11.2. The second-order valence-corrected chi connectivity index (χ2v) is 7.35. The van der Waals surface area contributed by atoms with Crippen LogP contribution in [0.1, 0.15) is 32.8 Å². The fourth-order valence-electron chi connectivity index (χ4n) is 2.16. The molecular weight excluding hydrogens is 336 g/mol. The summed E-state index contributed by atoms with van der Waals surface area (Å²) in [6.45, 7) is 7.36. The van der Waals surface area contributed by atoms with E-state index < -0.39 is 0 Å². The molecule has 0 aliphatic rings. The van der Waals surface area contributed by atoms with E-state index in [4.69, 9.17) is 16.3 Å². The van der Waals surface area contributed by atoms with Gasteiger partial charge in [0.15, 0.2) is 0 Å². The second-order valence-electron chi connectivity index (χ2n) is 6.91. The minimum Gasteiger partial charge on any atom is -0.489 e. The van der Waals surface area contributed by atoms with E-state index in [0.717, 1.165) is 17.0 Å². The SMILES string of the molecule is CC(C)(C)NCCC(=O)Nc1ccc(OCc2ccc(Cl)cc2)cc1. The van der Waals surface area contributed by atoms with Gasteiger partial charge in [-0.25, -0.2) is 0 Å². The smallest absolute Gasteiger partial charge is 0.225 e. The molecule has 0 saturated carbocycles. The van der Waals surface area contributed by atoms with Crippen molar-refractivity contribution < 1.29 is 9.53 Å². The molecule has 1 amide bonds. The molecule has 0 atom stereocenters. The van der Waals surface area contributed by atoms with Crippen LogP contribution in [0.4, 0.5) is 5.69 Å². The molecule has 0 bridgehead atoms. The molecule has 0 radical (unpaired) electrons. The van der Waals surface area contributed by atoms with Crippen LogP contribution in [-0.2, 0) is 11.4 Å². The van der Waals surface area contributed by atoms with Gasteiger partial charge < -0.3 is 15.4 Å². The molecule has 2 N–H and O–H groups in total. The Kier molecular flexibility index (Phi) is 6.85. The highest BCUT2D eigenvalue weighted by Crippen LogP contribution is 2.18.